The van der Waals surface area contributed by atoms with E-state index in [9.17, 15) is 13.2 Å². The average Bonchev–Trinajstić information content (AvgIpc) is 2.78. The van der Waals surface area contributed by atoms with E-state index in [4.69, 9.17) is 27.9 Å². The van der Waals surface area contributed by atoms with Crippen molar-refractivity contribution < 1.29 is 17.9 Å². The number of halogens is 2. The zero-order chi connectivity index (χ0) is 23.8. The monoisotopic (exact) mass is 513 g/mol. The van der Waals surface area contributed by atoms with Crippen LogP contribution in [0.1, 0.15) is 24.0 Å². The van der Waals surface area contributed by atoms with Crippen LogP contribution in [0.4, 0.5) is 5.69 Å². The number of nitrogens with one attached hydrogen (secondary N) is 1. The van der Waals surface area contributed by atoms with E-state index < -0.39 is 10.0 Å². The van der Waals surface area contributed by atoms with Crippen molar-refractivity contribution in [3.05, 3.63) is 63.6 Å². The lowest BCUT2D eigenvalue weighted by Gasteiger charge is -2.26. The summed E-state index contributed by atoms with van der Waals surface area (Å²) in [4.78, 5) is 14.6. The van der Waals surface area contributed by atoms with E-state index in [-0.39, 0.29) is 23.9 Å². The molecular weight excluding hydrogens is 485 g/mol. The summed E-state index contributed by atoms with van der Waals surface area (Å²) >= 11 is 12.2. The summed E-state index contributed by atoms with van der Waals surface area (Å²) in [6.45, 7) is 4.88. The lowest BCUT2D eigenvalue weighted by molar-refractivity contribution is -0.121. The molecule has 2 aromatic carbocycles. The standard InChI is InChI=1S/C23H29Cl2N3O4S/c1-33(30,31)28(22-15-20(24)8-9-21(22)25)10-2-3-23(29)26-16-18-4-6-19(7-5-18)17-27-11-13-32-14-12-27/h4-9,15H,2-3,10-14,16-17H2,1H3,(H,26,29). The van der Waals surface area contributed by atoms with E-state index in [2.05, 4.69) is 22.3 Å². The van der Waals surface area contributed by atoms with Crippen molar-refractivity contribution in [3.8, 4) is 0 Å². The maximum absolute atomic E-state index is 12.3. The molecule has 0 spiro atoms. The van der Waals surface area contributed by atoms with Gasteiger partial charge in [-0.2, -0.15) is 0 Å². The van der Waals surface area contributed by atoms with Crippen LogP contribution in [0.2, 0.25) is 10.0 Å². The third-order valence-corrected chi connectivity index (χ3v) is 7.10. The number of amides is 1. The fourth-order valence-electron chi connectivity index (χ4n) is 3.59. The third kappa shape index (κ3) is 8.15. The predicted octanol–water partition coefficient (Wildman–Crippen LogP) is 3.69. The minimum absolute atomic E-state index is 0.128. The summed E-state index contributed by atoms with van der Waals surface area (Å²) in [6.07, 6.45) is 1.65. The Labute approximate surface area is 205 Å². The van der Waals surface area contributed by atoms with Gasteiger partial charge >= 0.3 is 0 Å². The van der Waals surface area contributed by atoms with E-state index in [0.29, 0.717) is 23.7 Å². The first-order valence-corrected chi connectivity index (χ1v) is 13.4. The molecule has 180 valence electrons. The van der Waals surface area contributed by atoms with Crippen LogP contribution in [0.15, 0.2) is 42.5 Å². The van der Waals surface area contributed by atoms with Gasteiger partial charge in [0.25, 0.3) is 0 Å². The summed E-state index contributed by atoms with van der Waals surface area (Å²) in [6, 6.07) is 12.8. The number of carbonyl (C=O) groups is 1. The Morgan fingerprint density at radius 3 is 2.42 bits per heavy atom. The SMILES string of the molecule is CS(=O)(=O)N(CCCC(=O)NCc1ccc(CN2CCOCC2)cc1)c1cc(Cl)ccc1Cl. The molecule has 1 N–H and O–H groups in total. The molecule has 0 atom stereocenters. The first kappa shape index (κ1) is 25.8. The molecule has 1 aliphatic rings. The number of benzene rings is 2. The average molecular weight is 514 g/mol. The number of morpholine rings is 1. The van der Waals surface area contributed by atoms with Gasteiger partial charge in [0.15, 0.2) is 0 Å². The Hall–Kier alpha value is -1.84. The molecule has 33 heavy (non-hydrogen) atoms. The molecule has 0 saturated carbocycles. The van der Waals surface area contributed by atoms with Gasteiger partial charge in [-0.1, -0.05) is 47.5 Å². The van der Waals surface area contributed by atoms with E-state index in [1.54, 1.807) is 12.1 Å². The highest BCUT2D eigenvalue weighted by atomic mass is 35.5. The zero-order valence-corrected chi connectivity index (χ0v) is 20.9. The highest BCUT2D eigenvalue weighted by molar-refractivity contribution is 7.92. The van der Waals surface area contributed by atoms with Crippen molar-refractivity contribution in [1.82, 2.24) is 10.2 Å². The number of nitrogens with zero attached hydrogens (tertiary/aromatic N) is 2. The number of sulfonamides is 1. The molecule has 1 saturated heterocycles. The van der Waals surface area contributed by atoms with Crippen LogP contribution in [0.5, 0.6) is 0 Å². The first-order chi connectivity index (χ1) is 15.7. The van der Waals surface area contributed by atoms with Gasteiger partial charge < -0.3 is 10.1 Å². The summed E-state index contributed by atoms with van der Waals surface area (Å²) < 4.78 is 31.1. The predicted molar refractivity (Wildman–Crippen MR) is 132 cm³/mol. The lowest BCUT2D eigenvalue weighted by atomic mass is 10.1. The molecule has 2 aromatic rings. The summed E-state index contributed by atoms with van der Waals surface area (Å²) in [5.41, 5.74) is 2.55. The fourth-order valence-corrected chi connectivity index (χ4v) is 5.00. The van der Waals surface area contributed by atoms with E-state index >= 15 is 0 Å². The molecule has 1 fully saturated rings. The Morgan fingerprint density at radius 2 is 1.76 bits per heavy atom. The quantitative estimate of drug-likeness (QED) is 0.524. The normalized spacial score (nSPS) is 14.8. The Bertz CT molecular complexity index is 1040. The van der Waals surface area contributed by atoms with Gasteiger partial charge in [-0.25, -0.2) is 8.42 Å². The molecule has 0 aromatic heterocycles. The van der Waals surface area contributed by atoms with Crippen LogP contribution in [0.25, 0.3) is 0 Å². The molecule has 0 unspecified atom stereocenters. The molecule has 10 heteroatoms. The molecule has 0 aliphatic carbocycles. The minimum Gasteiger partial charge on any atom is -0.379 e. The van der Waals surface area contributed by atoms with Crippen LogP contribution >= 0.6 is 23.2 Å². The van der Waals surface area contributed by atoms with Crippen LogP contribution in [-0.2, 0) is 32.6 Å². The Kier molecular flexibility index (Phi) is 9.40. The largest absolute Gasteiger partial charge is 0.379 e. The molecule has 1 aliphatic heterocycles. The summed E-state index contributed by atoms with van der Waals surface area (Å²) in [5.74, 6) is -0.141. The molecule has 1 amide bonds. The molecular formula is C23H29Cl2N3O4S. The minimum atomic E-state index is -3.58. The van der Waals surface area contributed by atoms with Gasteiger partial charge in [-0.3, -0.25) is 14.0 Å². The van der Waals surface area contributed by atoms with Crippen molar-refractivity contribution in [2.24, 2.45) is 0 Å². The van der Waals surface area contributed by atoms with Crippen molar-refractivity contribution in [2.75, 3.05) is 43.4 Å². The Morgan fingerprint density at radius 1 is 1.09 bits per heavy atom. The number of rotatable bonds is 10. The number of hydrogen-bond acceptors (Lipinski definition) is 5. The maximum atomic E-state index is 12.3. The van der Waals surface area contributed by atoms with Crippen molar-refractivity contribution in [1.29, 1.82) is 0 Å². The second-order valence-corrected chi connectivity index (χ2v) is 10.8. The van der Waals surface area contributed by atoms with Gasteiger partial charge in [0.1, 0.15) is 0 Å². The van der Waals surface area contributed by atoms with Crippen molar-refractivity contribution in [3.63, 3.8) is 0 Å². The highest BCUT2D eigenvalue weighted by Crippen LogP contribution is 2.30. The van der Waals surface area contributed by atoms with E-state index in [0.717, 1.165) is 44.7 Å². The van der Waals surface area contributed by atoms with Gasteiger partial charge in [0.05, 0.1) is 30.2 Å². The Balaban J connectivity index is 1.46. The number of anilines is 1. The van der Waals surface area contributed by atoms with Crippen LogP contribution in [0.3, 0.4) is 0 Å². The van der Waals surface area contributed by atoms with E-state index in [1.165, 1.54) is 15.9 Å². The van der Waals surface area contributed by atoms with E-state index in [1.807, 2.05) is 12.1 Å². The van der Waals surface area contributed by atoms with Gasteiger partial charge in [-0.15, -0.1) is 0 Å². The third-order valence-electron chi connectivity index (χ3n) is 5.36. The molecule has 3 rings (SSSR count). The topological polar surface area (TPSA) is 79.0 Å². The van der Waals surface area contributed by atoms with Crippen LogP contribution in [0, 0.1) is 0 Å². The second kappa shape index (κ2) is 12.0. The second-order valence-electron chi connectivity index (χ2n) is 8.02. The first-order valence-electron chi connectivity index (χ1n) is 10.8. The maximum Gasteiger partial charge on any atom is 0.232 e. The molecule has 0 radical (unpaired) electrons. The highest BCUT2D eigenvalue weighted by Gasteiger charge is 2.20. The number of hydrogen-bond donors (Lipinski definition) is 1. The zero-order valence-electron chi connectivity index (χ0n) is 18.6. The molecule has 1 heterocycles. The number of carbonyl (C=O) groups excluding carboxylic acids is 1. The van der Waals surface area contributed by atoms with Crippen LogP contribution < -0.4 is 9.62 Å². The van der Waals surface area contributed by atoms with Gasteiger partial charge in [0, 0.05) is 44.2 Å². The van der Waals surface area contributed by atoms with Crippen molar-refractivity contribution in [2.45, 2.75) is 25.9 Å². The smallest absolute Gasteiger partial charge is 0.232 e. The van der Waals surface area contributed by atoms with Gasteiger partial charge in [0.2, 0.25) is 15.9 Å². The summed E-state index contributed by atoms with van der Waals surface area (Å²) in [5, 5.41) is 3.56. The number of ether oxygens (including phenoxy) is 1. The summed E-state index contributed by atoms with van der Waals surface area (Å²) in [7, 11) is -3.58. The molecule has 0 bridgehead atoms. The lowest BCUT2D eigenvalue weighted by Crippen LogP contribution is -2.35. The van der Waals surface area contributed by atoms with Crippen molar-refractivity contribution >= 4 is 44.8 Å². The van der Waals surface area contributed by atoms with Gasteiger partial charge in [-0.05, 0) is 35.7 Å². The fraction of sp³-hybridized carbons (Fsp3) is 0.435. The molecule has 7 nitrogen and oxygen atoms in total. The van der Waals surface area contributed by atoms with Crippen LogP contribution in [-0.4, -0.2) is 58.3 Å².